The van der Waals surface area contributed by atoms with Crippen molar-refractivity contribution in [2.75, 3.05) is 0 Å². The first-order chi connectivity index (χ1) is 8.79. The first kappa shape index (κ1) is 13.7. The highest BCUT2D eigenvalue weighted by Gasteiger charge is 2.36. The summed E-state index contributed by atoms with van der Waals surface area (Å²) in [5, 5.41) is 10.5. The van der Waals surface area contributed by atoms with Crippen LogP contribution < -0.4 is 5.32 Å². The highest BCUT2D eigenvalue weighted by molar-refractivity contribution is 9.10. The van der Waals surface area contributed by atoms with Gasteiger partial charge in [-0.1, -0.05) is 6.07 Å². The van der Waals surface area contributed by atoms with Crippen molar-refractivity contribution >= 4 is 27.5 Å². The molecule has 2 N–H and O–H groups in total. The van der Waals surface area contributed by atoms with Crippen molar-refractivity contribution in [1.82, 2.24) is 14.7 Å². The molecule has 0 unspecified atom stereocenters. The van der Waals surface area contributed by atoms with Gasteiger partial charge in [0.2, 0.25) is 5.82 Å². The summed E-state index contributed by atoms with van der Waals surface area (Å²) in [5.41, 5.74) is 0.650. The maximum atomic E-state index is 12.8. The fraction of sp³-hybridized carbons (Fsp3) is 0.200. The van der Waals surface area contributed by atoms with Crippen LogP contribution in [0.15, 0.2) is 22.9 Å². The van der Waals surface area contributed by atoms with E-state index >= 15 is 0 Å². The molecule has 0 saturated heterocycles. The number of aromatic nitrogens is 2. The second-order valence-electron chi connectivity index (χ2n) is 3.68. The molecule has 0 aliphatic rings. The first-order valence-electron chi connectivity index (χ1n) is 4.99. The summed E-state index contributed by atoms with van der Waals surface area (Å²) in [4.78, 5) is 13.8. The van der Waals surface area contributed by atoms with Gasteiger partial charge in [0.15, 0.2) is 0 Å². The van der Waals surface area contributed by atoms with Crippen molar-refractivity contribution in [2.24, 2.45) is 0 Å². The van der Waals surface area contributed by atoms with Gasteiger partial charge in [0.25, 0.3) is 0 Å². The van der Waals surface area contributed by atoms with Gasteiger partial charge in [-0.15, -0.1) is 0 Å². The molecular formula is C10H7BrF3N3O2. The van der Waals surface area contributed by atoms with Gasteiger partial charge in [-0.05, 0) is 27.6 Å². The third-order valence-corrected chi connectivity index (χ3v) is 2.93. The predicted octanol–water partition coefficient (Wildman–Crippen LogP) is 2.88. The number of amides is 1. The molecule has 5 nitrogen and oxygen atoms in total. The number of hydrogen-bond acceptors (Lipinski definition) is 2. The summed E-state index contributed by atoms with van der Waals surface area (Å²) in [6, 6.07) is 2.96. The van der Waals surface area contributed by atoms with E-state index < -0.39 is 18.1 Å². The zero-order valence-corrected chi connectivity index (χ0v) is 10.8. The SMILES string of the molecule is O=C(O)NCc1ccc2c(Br)nc(C(F)(F)F)n2c1. The number of nitrogens with zero attached hydrogens (tertiary/aromatic N) is 2. The Morgan fingerprint density at radius 1 is 1.47 bits per heavy atom. The summed E-state index contributed by atoms with van der Waals surface area (Å²) >= 11 is 2.96. The van der Waals surface area contributed by atoms with Gasteiger partial charge >= 0.3 is 12.3 Å². The molecular weight excluding hydrogens is 331 g/mol. The molecule has 9 heteroatoms. The lowest BCUT2D eigenvalue weighted by molar-refractivity contribution is -0.145. The van der Waals surface area contributed by atoms with Crippen LogP contribution >= 0.6 is 15.9 Å². The van der Waals surface area contributed by atoms with Crippen LogP contribution in [0.4, 0.5) is 18.0 Å². The highest BCUT2D eigenvalue weighted by atomic mass is 79.9. The molecule has 0 atom stereocenters. The molecule has 2 aromatic heterocycles. The minimum Gasteiger partial charge on any atom is -0.465 e. The molecule has 0 aliphatic heterocycles. The number of carbonyl (C=O) groups is 1. The molecule has 102 valence electrons. The molecule has 1 amide bonds. The first-order valence-corrected chi connectivity index (χ1v) is 5.79. The van der Waals surface area contributed by atoms with Gasteiger partial charge in [0.05, 0.1) is 5.52 Å². The van der Waals surface area contributed by atoms with E-state index in [-0.39, 0.29) is 16.7 Å². The van der Waals surface area contributed by atoms with Crippen molar-refractivity contribution < 1.29 is 23.1 Å². The Morgan fingerprint density at radius 2 is 2.16 bits per heavy atom. The Bertz CT molecular complexity index is 639. The lowest BCUT2D eigenvalue weighted by Crippen LogP contribution is -2.20. The van der Waals surface area contributed by atoms with Crippen molar-refractivity contribution in [2.45, 2.75) is 12.7 Å². The fourth-order valence-corrected chi connectivity index (χ4v) is 2.07. The molecule has 0 bridgehead atoms. The summed E-state index contributed by atoms with van der Waals surface area (Å²) in [6.07, 6.45) is -4.64. The van der Waals surface area contributed by atoms with E-state index in [4.69, 9.17) is 5.11 Å². The van der Waals surface area contributed by atoms with Gasteiger partial charge in [-0.2, -0.15) is 13.2 Å². The number of fused-ring (bicyclic) bond motifs is 1. The molecule has 0 spiro atoms. The topological polar surface area (TPSA) is 66.6 Å². The number of halogens is 4. The van der Waals surface area contributed by atoms with Gasteiger partial charge in [0, 0.05) is 12.7 Å². The number of nitrogens with one attached hydrogen (secondary N) is 1. The van der Waals surface area contributed by atoms with Crippen LogP contribution in [0.3, 0.4) is 0 Å². The predicted molar refractivity (Wildman–Crippen MR) is 62.8 cm³/mol. The van der Waals surface area contributed by atoms with Crippen LogP contribution in [-0.2, 0) is 12.7 Å². The molecule has 2 heterocycles. The molecule has 2 rings (SSSR count). The zero-order valence-electron chi connectivity index (χ0n) is 9.20. The molecule has 0 saturated carbocycles. The molecule has 0 radical (unpaired) electrons. The Hall–Kier alpha value is -1.77. The van der Waals surface area contributed by atoms with Gasteiger partial charge in [-0.25, -0.2) is 9.78 Å². The van der Waals surface area contributed by atoms with Crippen LogP contribution in [0.2, 0.25) is 0 Å². The second-order valence-corrected chi connectivity index (χ2v) is 4.43. The van der Waals surface area contributed by atoms with Crippen LogP contribution in [0.1, 0.15) is 11.4 Å². The Balaban J connectivity index is 2.48. The summed E-state index contributed by atoms with van der Waals surface area (Å²) in [7, 11) is 0. The number of imidazole rings is 1. The largest absolute Gasteiger partial charge is 0.465 e. The summed E-state index contributed by atoms with van der Waals surface area (Å²) < 4.78 is 39.2. The van der Waals surface area contributed by atoms with Crippen molar-refractivity contribution in [1.29, 1.82) is 0 Å². The maximum absolute atomic E-state index is 12.8. The van der Waals surface area contributed by atoms with E-state index in [2.05, 4.69) is 26.2 Å². The van der Waals surface area contributed by atoms with E-state index in [9.17, 15) is 18.0 Å². The average molecular weight is 338 g/mol. The van der Waals surface area contributed by atoms with Crippen molar-refractivity contribution in [3.63, 3.8) is 0 Å². The summed E-state index contributed by atoms with van der Waals surface area (Å²) in [5.74, 6) is -1.06. The maximum Gasteiger partial charge on any atom is 0.450 e. The van der Waals surface area contributed by atoms with Gasteiger partial charge in [-0.3, -0.25) is 4.40 Å². The number of rotatable bonds is 2. The smallest absolute Gasteiger partial charge is 0.450 e. The van der Waals surface area contributed by atoms with E-state index in [0.717, 1.165) is 4.40 Å². The number of carboxylic acid groups (broad SMARTS) is 1. The molecule has 19 heavy (non-hydrogen) atoms. The lowest BCUT2D eigenvalue weighted by atomic mass is 10.2. The third kappa shape index (κ3) is 2.80. The van der Waals surface area contributed by atoms with E-state index in [1.165, 1.54) is 18.3 Å². The van der Waals surface area contributed by atoms with Gasteiger partial charge in [0.1, 0.15) is 4.60 Å². The van der Waals surface area contributed by atoms with Crippen LogP contribution in [0.5, 0.6) is 0 Å². The Labute approximate surface area is 113 Å². The Kier molecular flexibility index (Phi) is 3.40. The molecule has 2 aromatic rings. The van der Waals surface area contributed by atoms with Crippen LogP contribution in [0.25, 0.3) is 5.52 Å². The fourth-order valence-electron chi connectivity index (χ4n) is 1.57. The van der Waals surface area contributed by atoms with E-state index in [1.807, 2.05) is 0 Å². The molecule has 0 fully saturated rings. The minimum atomic E-state index is -4.59. The second kappa shape index (κ2) is 4.72. The number of alkyl halides is 3. The minimum absolute atomic E-state index is 0.0811. The lowest BCUT2D eigenvalue weighted by Gasteiger charge is -2.07. The average Bonchev–Trinajstić information content (AvgIpc) is 2.64. The van der Waals surface area contributed by atoms with Crippen molar-refractivity contribution in [3.05, 3.63) is 34.3 Å². The van der Waals surface area contributed by atoms with E-state index in [1.54, 1.807) is 0 Å². The quantitative estimate of drug-likeness (QED) is 0.885. The number of pyridine rings is 1. The standard InChI is InChI=1S/C10H7BrF3N3O2/c11-7-6-2-1-5(3-15-9(18)19)4-17(6)8(16-7)10(12,13)14/h1-2,4,15H,3H2,(H,18,19). The molecule has 0 aromatic carbocycles. The number of hydrogen-bond donors (Lipinski definition) is 2. The highest BCUT2D eigenvalue weighted by Crippen LogP contribution is 2.32. The summed E-state index contributed by atoms with van der Waals surface area (Å²) in [6.45, 7) is -0.0850. The van der Waals surface area contributed by atoms with Crippen LogP contribution in [0, 0.1) is 0 Å². The molecule has 0 aliphatic carbocycles. The third-order valence-electron chi connectivity index (χ3n) is 2.35. The normalized spacial score (nSPS) is 11.8. The van der Waals surface area contributed by atoms with Crippen molar-refractivity contribution in [3.8, 4) is 0 Å². The monoisotopic (exact) mass is 337 g/mol. The van der Waals surface area contributed by atoms with Crippen LogP contribution in [-0.4, -0.2) is 20.6 Å². The Morgan fingerprint density at radius 3 is 2.74 bits per heavy atom. The zero-order chi connectivity index (χ0) is 14.2. The van der Waals surface area contributed by atoms with E-state index in [0.29, 0.717) is 5.56 Å². The van der Waals surface area contributed by atoms with Gasteiger partial charge < -0.3 is 10.4 Å².